The summed E-state index contributed by atoms with van der Waals surface area (Å²) < 4.78 is 3.01. The van der Waals surface area contributed by atoms with Gasteiger partial charge in [-0.25, -0.2) is 4.98 Å². The van der Waals surface area contributed by atoms with E-state index in [1.165, 1.54) is 15.2 Å². The summed E-state index contributed by atoms with van der Waals surface area (Å²) in [6, 6.07) is 7.19. The molecule has 3 aromatic rings. The lowest BCUT2D eigenvalue weighted by atomic mass is 10.1. The molecule has 0 unspecified atom stereocenters. The Balaban J connectivity index is 2.21. The maximum atomic E-state index is 12.9. The van der Waals surface area contributed by atoms with E-state index in [4.69, 9.17) is 16.7 Å². The number of imidazole rings is 1. The van der Waals surface area contributed by atoms with Gasteiger partial charge in [-0.1, -0.05) is 35.9 Å². The summed E-state index contributed by atoms with van der Waals surface area (Å²) in [6.45, 7) is 3.90. The van der Waals surface area contributed by atoms with E-state index in [0.717, 1.165) is 0 Å². The Kier molecular flexibility index (Phi) is 5.20. The molecule has 2 N–H and O–H groups in total. The van der Waals surface area contributed by atoms with Crippen LogP contribution in [-0.4, -0.2) is 38.1 Å². The van der Waals surface area contributed by atoms with Crippen molar-refractivity contribution in [1.82, 2.24) is 19.3 Å². The molecule has 0 aliphatic carbocycles. The number of carbonyl (C=O) groups is 1. The normalized spacial score (nSPS) is 10.8. The monoisotopic (exact) mass is 372 g/mol. The average molecular weight is 373 g/mol. The number of aliphatic hydroxyl groups is 1. The molecule has 0 saturated carbocycles. The number of benzene rings is 1. The van der Waals surface area contributed by atoms with Gasteiger partial charge < -0.3 is 10.4 Å². The number of allylic oxidation sites excluding steroid dienone is 1. The smallest absolute Gasteiger partial charge is 0.295 e. The number of fused-ring (bicyclic) bond motifs is 1. The van der Waals surface area contributed by atoms with Gasteiger partial charge >= 0.3 is 0 Å². The van der Waals surface area contributed by atoms with E-state index < -0.39 is 5.91 Å². The number of aliphatic hydroxyl groups excluding tert-OH is 1. The van der Waals surface area contributed by atoms with Crippen molar-refractivity contribution in [3.8, 4) is 11.3 Å². The molecule has 26 heavy (non-hydrogen) atoms. The standard InChI is InChI=1S/C18H17ClN4O3/c1-2-8-23-15(12-5-3-4-6-13(12)19)11-22-10-14(17(25)20-7-9-24)21-16(22)18(23)26/h2-6,10-11,24H,1,7-9H2,(H,20,25). The van der Waals surface area contributed by atoms with Crippen molar-refractivity contribution in [3.05, 3.63) is 70.4 Å². The zero-order valence-corrected chi connectivity index (χ0v) is 14.6. The lowest BCUT2D eigenvalue weighted by Crippen LogP contribution is -2.26. The molecule has 8 heteroatoms. The summed E-state index contributed by atoms with van der Waals surface area (Å²) in [6.07, 6.45) is 4.79. The second-order valence-electron chi connectivity index (χ2n) is 5.54. The van der Waals surface area contributed by atoms with E-state index in [0.29, 0.717) is 16.3 Å². The van der Waals surface area contributed by atoms with Crippen LogP contribution < -0.4 is 10.9 Å². The summed E-state index contributed by atoms with van der Waals surface area (Å²) in [5.74, 6) is -0.461. The number of nitrogens with one attached hydrogen (secondary N) is 1. The van der Waals surface area contributed by atoms with Crippen LogP contribution in [0.2, 0.25) is 5.02 Å². The number of nitrogens with zero attached hydrogens (tertiary/aromatic N) is 3. The summed E-state index contributed by atoms with van der Waals surface area (Å²) in [5, 5.41) is 11.8. The van der Waals surface area contributed by atoms with E-state index in [1.807, 2.05) is 12.1 Å². The number of rotatable bonds is 6. The number of aromatic nitrogens is 3. The number of amides is 1. The van der Waals surface area contributed by atoms with E-state index >= 15 is 0 Å². The lowest BCUT2D eigenvalue weighted by Gasteiger charge is -2.13. The van der Waals surface area contributed by atoms with Crippen LogP contribution in [0.5, 0.6) is 0 Å². The van der Waals surface area contributed by atoms with Crippen molar-refractivity contribution in [2.75, 3.05) is 13.2 Å². The van der Waals surface area contributed by atoms with Gasteiger partial charge in [-0.15, -0.1) is 6.58 Å². The lowest BCUT2D eigenvalue weighted by molar-refractivity contribution is 0.0940. The van der Waals surface area contributed by atoms with Crippen LogP contribution in [0.15, 0.2) is 54.1 Å². The van der Waals surface area contributed by atoms with Crippen molar-refractivity contribution in [2.24, 2.45) is 0 Å². The third kappa shape index (κ3) is 3.26. The molecule has 0 saturated heterocycles. The van der Waals surface area contributed by atoms with Crippen molar-refractivity contribution in [2.45, 2.75) is 6.54 Å². The molecule has 3 rings (SSSR count). The van der Waals surface area contributed by atoms with Gasteiger partial charge in [0.1, 0.15) is 5.69 Å². The number of carbonyl (C=O) groups excluding carboxylic acids is 1. The van der Waals surface area contributed by atoms with Gasteiger partial charge in [0.25, 0.3) is 11.5 Å². The predicted octanol–water partition coefficient (Wildman–Crippen LogP) is 1.72. The van der Waals surface area contributed by atoms with Crippen LogP contribution in [-0.2, 0) is 6.54 Å². The van der Waals surface area contributed by atoms with E-state index in [9.17, 15) is 9.59 Å². The fourth-order valence-corrected chi connectivity index (χ4v) is 2.88. The molecule has 0 spiro atoms. The quantitative estimate of drug-likeness (QED) is 0.645. The van der Waals surface area contributed by atoms with E-state index in [1.54, 1.807) is 24.4 Å². The molecule has 0 aliphatic heterocycles. The highest BCUT2D eigenvalue weighted by atomic mass is 35.5. The molecule has 134 valence electrons. The van der Waals surface area contributed by atoms with Crippen LogP contribution in [0, 0.1) is 0 Å². The number of hydrogen-bond acceptors (Lipinski definition) is 4. The Morgan fingerprint density at radius 1 is 1.35 bits per heavy atom. The minimum Gasteiger partial charge on any atom is -0.395 e. The van der Waals surface area contributed by atoms with Gasteiger partial charge in [0, 0.05) is 36.1 Å². The van der Waals surface area contributed by atoms with Crippen LogP contribution in [0.1, 0.15) is 10.5 Å². The highest BCUT2D eigenvalue weighted by molar-refractivity contribution is 6.33. The zero-order chi connectivity index (χ0) is 18.7. The Hall–Kier alpha value is -2.90. The summed E-state index contributed by atoms with van der Waals surface area (Å²) >= 11 is 6.29. The highest BCUT2D eigenvalue weighted by Gasteiger charge is 2.17. The minimum atomic E-state index is -0.461. The van der Waals surface area contributed by atoms with Gasteiger partial charge in [0.05, 0.1) is 12.3 Å². The van der Waals surface area contributed by atoms with Crippen LogP contribution in [0.25, 0.3) is 16.9 Å². The molecular formula is C18H17ClN4O3. The Bertz CT molecular complexity index is 1040. The molecule has 0 radical (unpaired) electrons. The topological polar surface area (TPSA) is 88.6 Å². The second-order valence-corrected chi connectivity index (χ2v) is 5.94. The largest absolute Gasteiger partial charge is 0.395 e. The highest BCUT2D eigenvalue weighted by Crippen LogP contribution is 2.27. The van der Waals surface area contributed by atoms with E-state index in [2.05, 4.69) is 16.9 Å². The maximum absolute atomic E-state index is 12.9. The van der Waals surface area contributed by atoms with Crippen LogP contribution in [0.3, 0.4) is 0 Å². The van der Waals surface area contributed by atoms with Gasteiger partial charge in [0.15, 0.2) is 0 Å². The molecule has 1 amide bonds. The summed E-state index contributed by atoms with van der Waals surface area (Å²) in [7, 11) is 0. The predicted molar refractivity (Wildman–Crippen MR) is 99.5 cm³/mol. The molecule has 0 atom stereocenters. The van der Waals surface area contributed by atoms with Crippen molar-refractivity contribution in [3.63, 3.8) is 0 Å². The fraction of sp³-hybridized carbons (Fsp3) is 0.167. The Morgan fingerprint density at radius 2 is 2.12 bits per heavy atom. The second kappa shape index (κ2) is 7.55. The SMILES string of the molecule is C=CCn1c(-c2ccccc2Cl)cn2cc(C(=O)NCCO)nc2c1=O. The maximum Gasteiger partial charge on any atom is 0.295 e. The molecule has 2 aromatic heterocycles. The molecule has 0 bridgehead atoms. The fourth-order valence-electron chi connectivity index (χ4n) is 2.65. The summed E-state index contributed by atoms with van der Waals surface area (Å²) in [4.78, 5) is 29.1. The molecule has 2 heterocycles. The van der Waals surface area contributed by atoms with Gasteiger partial charge in [0.2, 0.25) is 5.65 Å². The third-order valence-corrected chi connectivity index (χ3v) is 4.14. The Labute approximate surface area is 154 Å². The Morgan fingerprint density at radius 3 is 2.81 bits per heavy atom. The average Bonchev–Trinajstić information content (AvgIpc) is 3.07. The molecule has 1 aromatic carbocycles. The third-order valence-electron chi connectivity index (χ3n) is 3.81. The summed E-state index contributed by atoms with van der Waals surface area (Å²) in [5.41, 5.74) is 1.14. The molecule has 0 aliphatic rings. The van der Waals surface area contributed by atoms with Gasteiger partial charge in [-0.3, -0.25) is 18.6 Å². The van der Waals surface area contributed by atoms with Crippen LogP contribution in [0.4, 0.5) is 0 Å². The van der Waals surface area contributed by atoms with Crippen molar-refractivity contribution < 1.29 is 9.90 Å². The van der Waals surface area contributed by atoms with Crippen molar-refractivity contribution >= 4 is 23.2 Å². The minimum absolute atomic E-state index is 0.0945. The first-order chi connectivity index (χ1) is 12.6. The van der Waals surface area contributed by atoms with Crippen LogP contribution >= 0.6 is 11.6 Å². The first kappa shape index (κ1) is 17.9. The molecular weight excluding hydrogens is 356 g/mol. The van der Waals surface area contributed by atoms with Gasteiger partial charge in [-0.2, -0.15) is 0 Å². The zero-order valence-electron chi connectivity index (χ0n) is 13.9. The van der Waals surface area contributed by atoms with Gasteiger partial charge in [-0.05, 0) is 6.07 Å². The number of hydrogen-bond donors (Lipinski definition) is 2. The van der Waals surface area contributed by atoms with Crippen molar-refractivity contribution in [1.29, 1.82) is 0 Å². The van der Waals surface area contributed by atoms with E-state index in [-0.39, 0.29) is 36.6 Å². The first-order valence-electron chi connectivity index (χ1n) is 7.94. The molecule has 7 nitrogen and oxygen atoms in total. The molecule has 0 fully saturated rings. The number of halogens is 1. The first-order valence-corrected chi connectivity index (χ1v) is 8.32.